The molecule has 0 saturated carbocycles. The van der Waals surface area contributed by atoms with E-state index in [2.05, 4.69) is 17.4 Å². The summed E-state index contributed by atoms with van der Waals surface area (Å²) in [5.41, 5.74) is 3.71. The normalized spacial score (nSPS) is 12.6. The summed E-state index contributed by atoms with van der Waals surface area (Å²) < 4.78 is 5.49. The highest BCUT2D eigenvalue weighted by Gasteiger charge is 2.21. The van der Waals surface area contributed by atoms with E-state index in [1.54, 1.807) is 13.0 Å². The van der Waals surface area contributed by atoms with Crippen molar-refractivity contribution in [2.24, 2.45) is 0 Å². The first kappa shape index (κ1) is 22.3. The van der Waals surface area contributed by atoms with Crippen molar-refractivity contribution in [2.45, 2.75) is 45.3 Å². The minimum absolute atomic E-state index is 0.0146. The van der Waals surface area contributed by atoms with E-state index in [0.29, 0.717) is 12.0 Å². The number of carbonyl (C=O) groups is 2. The lowest BCUT2D eigenvalue weighted by atomic mass is 10.00. The molecule has 0 bridgehead atoms. The topological polar surface area (TPSA) is 55.4 Å². The van der Waals surface area contributed by atoms with Gasteiger partial charge in [0, 0.05) is 6.04 Å². The molecule has 0 spiro atoms. The Morgan fingerprint density at radius 3 is 2.06 bits per heavy atom. The van der Waals surface area contributed by atoms with E-state index < -0.39 is 12.1 Å². The third kappa shape index (κ3) is 6.82. The highest BCUT2D eigenvalue weighted by Crippen LogP contribution is 2.16. The molecule has 0 unspecified atom stereocenters. The molecule has 2 atom stereocenters. The van der Waals surface area contributed by atoms with Crippen LogP contribution in [0.3, 0.4) is 0 Å². The smallest absolute Gasteiger partial charge is 0.339 e. The predicted octanol–water partition coefficient (Wildman–Crippen LogP) is 4.96. The van der Waals surface area contributed by atoms with Crippen molar-refractivity contribution in [1.82, 2.24) is 5.32 Å². The van der Waals surface area contributed by atoms with Gasteiger partial charge in [0.05, 0.1) is 5.56 Å². The number of rotatable bonds is 9. The van der Waals surface area contributed by atoms with Crippen LogP contribution in [0.5, 0.6) is 0 Å². The Hall–Kier alpha value is -3.40. The van der Waals surface area contributed by atoms with Crippen LogP contribution >= 0.6 is 0 Å². The lowest BCUT2D eigenvalue weighted by Gasteiger charge is -2.18. The Morgan fingerprint density at radius 2 is 1.39 bits per heavy atom. The second-order valence-corrected chi connectivity index (χ2v) is 7.80. The van der Waals surface area contributed by atoms with Crippen molar-refractivity contribution in [3.8, 4) is 0 Å². The maximum Gasteiger partial charge on any atom is 0.339 e. The van der Waals surface area contributed by atoms with Crippen LogP contribution in [0.1, 0.15) is 47.3 Å². The summed E-state index contributed by atoms with van der Waals surface area (Å²) in [7, 11) is 0. The fourth-order valence-corrected chi connectivity index (χ4v) is 3.43. The van der Waals surface area contributed by atoms with Gasteiger partial charge in [0.15, 0.2) is 6.10 Å². The van der Waals surface area contributed by atoms with Crippen LogP contribution in [0.25, 0.3) is 0 Å². The molecule has 0 aliphatic carbocycles. The molecule has 0 saturated heterocycles. The van der Waals surface area contributed by atoms with Gasteiger partial charge in [-0.1, -0.05) is 78.9 Å². The third-order valence-corrected chi connectivity index (χ3v) is 5.23. The molecule has 0 aliphatic rings. The molecule has 1 amide bonds. The summed E-state index contributed by atoms with van der Waals surface area (Å²) in [6, 6.07) is 27.5. The van der Waals surface area contributed by atoms with E-state index in [9.17, 15) is 9.59 Å². The molecule has 4 heteroatoms. The molecule has 4 nitrogen and oxygen atoms in total. The Balaban J connectivity index is 1.54. The van der Waals surface area contributed by atoms with Crippen molar-refractivity contribution in [3.63, 3.8) is 0 Å². The number of hydrogen-bond donors (Lipinski definition) is 1. The lowest BCUT2D eigenvalue weighted by molar-refractivity contribution is -0.129. The summed E-state index contributed by atoms with van der Waals surface area (Å²) in [6.07, 6.45) is 1.46. The summed E-state index contributed by atoms with van der Waals surface area (Å²) in [6.45, 7) is 3.57. The fourth-order valence-electron chi connectivity index (χ4n) is 3.43. The van der Waals surface area contributed by atoms with Gasteiger partial charge < -0.3 is 10.1 Å². The summed E-state index contributed by atoms with van der Waals surface area (Å²) >= 11 is 0. The van der Waals surface area contributed by atoms with Crippen LogP contribution in [0.15, 0.2) is 84.9 Å². The van der Waals surface area contributed by atoms with E-state index in [-0.39, 0.29) is 11.9 Å². The summed E-state index contributed by atoms with van der Waals surface area (Å²) in [4.78, 5) is 25.3. The highest BCUT2D eigenvalue weighted by molar-refractivity contribution is 5.93. The molecule has 0 aliphatic heterocycles. The average molecular weight is 416 g/mol. The van der Waals surface area contributed by atoms with Crippen molar-refractivity contribution in [1.29, 1.82) is 0 Å². The molecule has 3 aromatic rings. The Morgan fingerprint density at radius 1 is 0.806 bits per heavy atom. The van der Waals surface area contributed by atoms with Gasteiger partial charge in [-0.3, -0.25) is 4.79 Å². The maximum absolute atomic E-state index is 12.8. The van der Waals surface area contributed by atoms with Gasteiger partial charge in [-0.2, -0.15) is 0 Å². The SMILES string of the molecule is C[C@H](CCc1ccccc1)NC(=O)[C@@H](C)OC(=O)c1ccccc1Cc1ccccc1. The van der Waals surface area contributed by atoms with E-state index in [4.69, 9.17) is 4.74 Å². The zero-order valence-corrected chi connectivity index (χ0v) is 18.1. The predicted molar refractivity (Wildman–Crippen MR) is 123 cm³/mol. The van der Waals surface area contributed by atoms with Crippen molar-refractivity contribution in [3.05, 3.63) is 107 Å². The molecular formula is C27H29NO3. The summed E-state index contributed by atoms with van der Waals surface area (Å²) in [5, 5.41) is 2.95. The van der Waals surface area contributed by atoms with Crippen LogP contribution in [0.4, 0.5) is 0 Å². The Kier molecular flexibility index (Phi) is 7.99. The second-order valence-electron chi connectivity index (χ2n) is 7.80. The lowest BCUT2D eigenvalue weighted by Crippen LogP contribution is -2.41. The number of nitrogens with one attached hydrogen (secondary N) is 1. The number of ether oxygens (including phenoxy) is 1. The number of aryl methyl sites for hydroxylation is 1. The van der Waals surface area contributed by atoms with Gasteiger partial charge in [0.1, 0.15) is 0 Å². The van der Waals surface area contributed by atoms with Gasteiger partial charge in [-0.05, 0) is 55.9 Å². The Bertz CT molecular complexity index is 986. The van der Waals surface area contributed by atoms with Crippen LogP contribution < -0.4 is 5.32 Å². The number of carbonyl (C=O) groups excluding carboxylic acids is 2. The largest absolute Gasteiger partial charge is 0.449 e. The average Bonchev–Trinajstić information content (AvgIpc) is 2.79. The quantitative estimate of drug-likeness (QED) is 0.503. The van der Waals surface area contributed by atoms with E-state index >= 15 is 0 Å². The highest BCUT2D eigenvalue weighted by atomic mass is 16.5. The van der Waals surface area contributed by atoms with Crippen LogP contribution in [0, 0.1) is 0 Å². The zero-order chi connectivity index (χ0) is 22.1. The molecule has 3 rings (SSSR count). The standard InChI is InChI=1S/C27H29NO3/c1-20(17-18-22-11-5-3-6-12-22)28-26(29)21(2)31-27(30)25-16-10-9-15-24(25)19-23-13-7-4-8-14-23/h3-16,20-21H,17-19H2,1-2H3,(H,28,29)/t20-,21-/m1/s1. The summed E-state index contributed by atoms with van der Waals surface area (Å²) in [5.74, 6) is -0.763. The number of benzene rings is 3. The molecule has 3 aromatic carbocycles. The van der Waals surface area contributed by atoms with Gasteiger partial charge in [-0.25, -0.2) is 4.79 Å². The van der Waals surface area contributed by atoms with Gasteiger partial charge in [0.25, 0.3) is 5.91 Å². The third-order valence-electron chi connectivity index (χ3n) is 5.23. The van der Waals surface area contributed by atoms with Crippen LogP contribution in [-0.4, -0.2) is 24.0 Å². The van der Waals surface area contributed by atoms with Crippen molar-refractivity contribution >= 4 is 11.9 Å². The number of amides is 1. The molecule has 0 heterocycles. The zero-order valence-electron chi connectivity index (χ0n) is 18.1. The van der Waals surface area contributed by atoms with E-state index in [1.807, 2.05) is 73.7 Å². The monoisotopic (exact) mass is 415 g/mol. The van der Waals surface area contributed by atoms with Crippen molar-refractivity contribution in [2.75, 3.05) is 0 Å². The molecule has 1 N–H and O–H groups in total. The molecular weight excluding hydrogens is 386 g/mol. The fraction of sp³-hybridized carbons (Fsp3) is 0.259. The van der Waals surface area contributed by atoms with Crippen molar-refractivity contribution < 1.29 is 14.3 Å². The first-order valence-corrected chi connectivity index (χ1v) is 10.7. The van der Waals surface area contributed by atoms with Crippen LogP contribution in [0.2, 0.25) is 0 Å². The molecule has 31 heavy (non-hydrogen) atoms. The molecule has 0 fully saturated rings. The van der Waals surface area contributed by atoms with Gasteiger partial charge in [0.2, 0.25) is 0 Å². The minimum Gasteiger partial charge on any atom is -0.449 e. The van der Waals surface area contributed by atoms with Gasteiger partial charge in [-0.15, -0.1) is 0 Å². The van der Waals surface area contributed by atoms with E-state index in [0.717, 1.165) is 24.0 Å². The number of hydrogen-bond acceptors (Lipinski definition) is 3. The maximum atomic E-state index is 12.8. The van der Waals surface area contributed by atoms with E-state index in [1.165, 1.54) is 5.56 Å². The first-order chi connectivity index (χ1) is 15.0. The van der Waals surface area contributed by atoms with Gasteiger partial charge >= 0.3 is 5.97 Å². The minimum atomic E-state index is -0.864. The second kappa shape index (κ2) is 11.1. The first-order valence-electron chi connectivity index (χ1n) is 10.7. The number of esters is 1. The molecule has 0 aromatic heterocycles. The molecule has 0 radical (unpaired) electrons. The van der Waals surface area contributed by atoms with Crippen LogP contribution in [-0.2, 0) is 22.4 Å². The Labute approximate surface area is 184 Å². The molecule has 160 valence electrons.